The van der Waals surface area contributed by atoms with Gasteiger partial charge in [-0.05, 0) is 25.5 Å². The fraction of sp³-hybridized carbons (Fsp3) is 0.444. The number of amides is 2. The molecule has 1 N–H and O–H groups in total. The zero-order chi connectivity index (χ0) is 17.6. The van der Waals surface area contributed by atoms with Gasteiger partial charge in [-0.3, -0.25) is 14.6 Å². The Morgan fingerprint density at radius 3 is 3.04 bits per heavy atom. The van der Waals surface area contributed by atoms with Gasteiger partial charge in [0.2, 0.25) is 11.8 Å². The van der Waals surface area contributed by atoms with Crippen molar-refractivity contribution in [1.29, 1.82) is 0 Å². The minimum absolute atomic E-state index is 0.0177. The maximum atomic E-state index is 12.3. The Bertz CT molecular complexity index is 732. The number of aromatic nitrogens is 2. The molecule has 7 heteroatoms. The highest BCUT2D eigenvalue weighted by atomic mass is 32.1. The Hall–Kier alpha value is -2.28. The van der Waals surface area contributed by atoms with Gasteiger partial charge in [-0.15, -0.1) is 11.3 Å². The van der Waals surface area contributed by atoms with E-state index in [1.165, 1.54) is 0 Å². The fourth-order valence-corrected chi connectivity index (χ4v) is 3.72. The Morgan fingerprint density at radius 2 is 2.32 bits per heavy atom. The van der Waals surface area contributed by atoms with Gasteiger partial charge < -0.3 is 10.2 Å². The van der Waals surface area contributed by atoms with Crippen LogP contribution in [0.4, 0.5) is 0 Å². The number of carbonyl (C=O) groups excluding carboxylic acids is 2. The molecule has 0 radical (unpaired) electrons. The van der Waals surface area contributed by atoms with Gasteiger partial charge in [-0.25, -0.2) is 4.98 Å². The minimum Gasteiger partial charge on any atom is -0.356 e. The highest BCUT2D eigenvalue weighted by Gasteiger charge is 2.34. The topological polar surface area (TPSA) is 75.2 Å². The summed E-state index contributed by atoms with van der Waals surface area (Å²) in [5, 5.41) is 6.09. The van der Waals surface area contributed by atoms with Crippen molar-refractivity contribution in [2.45, 2.75) is 32.7 Å². The first-order valence-electron chi connectivity index (χ1n) is 8.48. The molecule has 1 atom stereocenters. The number of hydrogen-bond donors (Lipinski definition) is 1. The monoisotopic (exact) mass is 358 g/mol. The van der Waals surface area contributed by atoms with Gasteiger partial charge in [0.1, 0.15) is 0 Å². The van der Waals surface area contributed by atoms with Crippen molar-refractivity contribution < 1.29 is 9.59 Å². The Kier molecular flexibility index (Phi) is 5.75. The summed E-state index contributed by atoms with van der Waals surface area (Å²) in [5.41, 5.74) is 1.89. The quantitative estimate of drug-likeness (QED) is 0.768. The Balaban J connectivity index is 1.41. The number of carbonyl (C=O) groups is 2. The molecule has 0 aromatic carbocycles. The molecule has 0 saturated carbocycles. The predicted octanol–water partition coefficient (Wildman–Crippen LogP) is 1.94. The van der Waals surface area contributed by atoms with Crippen LogP contribution < -0.4 is 5.32 Å². The highest BCUT2D eigenvalue weighted by molar-refractivity contribution is 7.09. The predicted molar refractivity (Wildman–Crippen MR) is 95.9 cm³/mol. The van der Waals surface area contributed by atoms with E-state index in [4.69, 9.17) is 0 Å². The van der Waals surface area contributed by atoms with Crippen LogP contribution in [0.15, 0.2) is 29.8 Å². The van der Waals surface area contributed by atoms with E-state index in [0.717, 1.165) is 29.2 Å². The van der Waals surface area contributed by atoms with Gasteiger partial charge in [-0.2, -0.15) is 0 Å². The normalized spacial score (nSPS) is 17.1. The molecule has 1 fully saturated rings. The molecular formula is C18H22N4O2S. The van der Waals surface area contributed by atoms with Crippen molar-refractivity contribution in [3.63, 3.8) is 0 Å². The lowest BCUT2D eigenvalue weighted by molar-refractivity contribution is -0.129. The summed E-state index contributed by atoms with van der Waals surface area (Å²) in [6, 6.07) is 5.64. The van der Waals surface area contributed by atoms with Crippen LogP contribution in [0.3, 0.4) is 0 Å². The van der Waals surface area contributed by atoms with E-state index >= 15 is 0 Å². The van der Waals surface area contributed by atoms with Crippen LogP contribution in [0.2, 0.25) is 0 Å². The standard InChI is InChI=1S/C18H22N4O2S/c1-13-12-25-16(21-13)6-4-8-20-18(24)14-9-17(23)22(10-14)11-15-5-2-3-7-19-15/h2-3,5,7,12,14H,4,6,8-11H2,1H3,(H,20,24)/t14-/m1/s1. The zero-order valence-corrected chi connectivity index (χ0v) is 15.1. The number of pyridine rings is 1. The third kappa shape index (κ3) is 4.85. The average molecular weight is 358 g/mol. The van der Waals surface area contributed by atoms with Gasteiger partial charge in [0.15, 0.2) is 0 Å². The second kappa shape index (κ2) is 8.20. The lowest BCUT2D eigenvalue weighted by Gasteiger charge is -2.16. The second-order valence-electron chi connectivity index (χ2n) is 6.27. The molecule has 2 aromatic heterocycles. The van der Waals surface area contributed by atoms with Crippen molar-refractivity contribution in [2.24, 2.45) is 5.92 Å². The van der Waals surface area contributed by atoms with E-state index in [2.05, 4.69) is 15.3 Å². The van der Waals surface area contributed by atoms with E-state index < -0.39 is 0 Å². The summed E-state index contributed by atoms with van der Waals surface area (Å²) in [6.07, 6.45) is 3.72. The van der Waals surface area contributed by atoms with Crippen LogP contribution in [0, 0.1) is 12.8 Å². The SMILES string of the molecule is Cc1csc(CCCNC(=O)[C@@H]2CC(=O)N(Cc3ccccn3)C2)n1. The smallest absolute Gasteiger partial charge is 0.225 e. The molecule has 0 unspecified atom stereocenters. The second-order valence-corrected chi connectivity index (χ2v) is 7.22. The summed E-state index contributed by atoms with van der Waals surface area (Å²) >= 11 is 1.65. The molecule has 0 spiro atoms. The van der Waals surface area contributed by atoms with Crippen LogP contribution in [0.1, 0.15) is 29.2 Å². The van der Waals surface area contributed by atoms with Crippen molar-refractivity contribution in [3.8, 4) is 0 Å². The largest absolute Gasteiger partial charge is 0.356 e. The summed E-state index contributed by atoms with van der Waals surface area (Å²) < 4.78 is 0. The number of nitrogens with one attached hydrogen (secondary N) is 1. The van der Waals surface area contributed by atoms with Crippen LogP contribution in [0.5, 0.6) is 0 Å². The maximum Gasteiger partial charge on any atom is 0.225 e. The van der Waals surface area contributed by atoms with Gasteiger partial charge in [0.05, 0.1) is 23.2 Å². The first-order valence-corrected chi connectivity index (χ1v) is 9.36. The first kappa shape index (κ1) is 17.5. The van der Waals surface area contributed by atoms with E-state index in [-0.39, 0.29) is 24.2 Å². The van der Waals surface area contributed by atoms with E-state index in [9.17, 15) is 9.59 Å². The van der Waals surface area contributed by atoms with Crippen molar-refractivity contribution in [3.05, 3.63) is 46.2 Å². The van der Waals surface area contributed by atoms with Crippen molar-refractivity contribution in [2.75, 3.05) is 13.1 Å². The van der Waals surface area contributed by atoms with Crippen LogP contribution in [-0.2, 0) is 22.6 Å². The number of nitrogens with zero attached hydrogens (tertiary/aromatic N) is 3. The van der Waals surface area contributed by atoms with Gasteiger partial charge >= 0.3 is 0 Å². The van der Waals surface area contributed by atoms with Gasteiger partial charge in [-0.1, -0.05) is 6.07 Å². The molecule has 2 aromatic rings. The van der Waals surface area contributed by atoms with Crippen LogP contribution in [-0.4, -0.2) is 39.8 Å². The summed E-state index contributed by atoms with van der Waals surface area (Å²) in [6.45, 7) is 3.53. The Labute approximate surface area is 151 Å². The molecule has 1 aliphatic rings. The third-order valence-electron chi connectivity index (χ3n) is 4.20. The third-order valence-corrected chi connectivity index (χ3v) is 5.22. The van der Waals surface area contributed by atoms with Crippen molar-refractivity contribution >= 4 is 23.2 Å². The minimum atomic E-state index is -0.265. The molecule has 1 aliphatic heterocycles. The molecule has 6 nitrogen and oxygen atoms in total. The molecule has 3 heterocycles. The van der Waals surface area contributed by atoms with Gasteiger partial charge in [0.25, 0.3) is 0 Å². The molecule has 132 valence electrons. The maximum absolute atomic E-state index is 12.3. The van der Waals surface area contributed by atoms with E-state index in [0.29, 0.717) is 19.6 Å². The van der Waals surface area contributed by atoms with E-state index in [1.54, 1.807) is 22.4 Å². The lowest BCUT2D eigenvalue weighted by Crippen LogP contribution is -2.33. The molecule has 0 aliphatic carbocycles. The molecule has 2 amide bonds. The summed E-state index contributed by atoms with van der Waals surface area (Å²) in [7, 11) is 0. The Morgan fingerprint density at radius 1 is 1.44 bits per heavy atom. The average Bonchev–Trinajstić information content (AvgIpc) is 3.18. The highest BCUT2D eigenvalue weighted by Crippen LogP contribution is 2.20. The zero-order valence-electron chi connectivity index (χ0n) is 14.3. The molecule has 1 saturated heterocycles. The molecule has 0 bridgehead atoms. The number of likely N-dealkylation sites (tertiary alicyclic amines) is 1. The fourth-order valence-electron chi connectivity index (χ4n) is 2.90. The molecular weight excluding hydrogens is 336 g/mol. The summed E-state index contributed by atoms with van der Waals surface area (Å²) in [4.78, 5) is 34.8. The van der Waals surface area contributed by atoms with Crippen molar-refractivity contribution in [1.82, 2.24) is 20.2 Å². The molecule has 25 heavy (non-hydrogen) atoms. The van der Waals surface area contributed by atoms with E-state index in [1.807, 2.05) is 30.5 Å². The number of thiazole rings is 1. The lowest BCUT2D eigenvalue weighted by atomic mass is 10.1. The first-order chi connectivity index (χ1) is 12.1. The van der Waals surface area contributed by atoms with Crippen LogP contribution in [0.25, 0.3) is 0 Å². The van der Waals surface area contributed by atoms with Crippen LogP contribution >= 0.6 is 11.3 Å². The van der Waals surface area contributed by atoms with Gasteiger partial charge in [0, 0.05) is 43.2 Å². The number of rotatable bonds is 7. The number of hydrogen-bond acceptors (Lipinski definition) is 5. The number of aryl methyl sites for hydroxylation is 2. The summed E-state index contributed by atoms with van der Waals surface area (Å²) in [5.74, 6) is -0.283. The molecule has 3 rings (SSSR count).